The number of alkyl halides is 3. The highest BCUT2D eigenvalue weighted by Crippen LogP contribution is 2.25. The fourth-order valence-electron chi connectivity index (χ4n) is 0.936. The lowest BCUT2D eigenvalue weighted by Gasteiger charge is -2.07. The van der Waals surface area contributed by atoms with E-state index in [0.717, 1.165) is 11.3 Å². The summed E-state index contributed by atoms with van der Waals surface area (Å²) in [4.78, 5) is 4.07. The van der Waals surface area contributed by atoms with E-state index >= 15 is 0 Å². The number of hydrogen-bond acceptors (Lipinski definition) is 1. The van der Waals surface area contributed by atoms with Crippen molar-refractivity contribution >= 4 is 38.5 Å². The normalized spacial score (nSPS) is 10.9. The molecule has 0 aromatic carbocycles. The molecule has 0 aliphatic heterocycles. The van der Waals surface area contributed by atoms with Gasteiger partial charge < -0.3 is 0 Å². The van der Waals surface area contributed by atoms with Gasteiger partial charge in [0.1, 0.15) is 3.70 Å². The number of halogens is 4. The van der Waals surface area contributed by atoms with Gasteiger partial charge in [-0.05, 0) is 41.1 Å². The minimum absolute atomic E-state index is 0.0165. The van der Waals surface area contributed by atoms with Crippen molar-refractivity contribution in [3.63, 3.8) is 0 Å². The van der Waals surface area contributed by atoms with Gasteiger partial charge in [-0.25, -0.2) is 13.8 Å². The quantitative estimate of drug-likeness (QED) is 0.443. The summed E-state index contributed by atoms with van der Waals surface area (Å²) in [6, 6.07) is 1.50. The van der Waals surface area contributed by atoms with Crippen LogP contribution in [0.2, 0.25) is 0 Å². The average molecular weight is 362 g/mol. The summed E-state index contributed by atoms with van der Waals surface area (Å²) >= 11 is 5.08. The van der Waals surface area contributed by atoms with E-state index < -0.39 is 6.43 Å². The molecular formula is C8H7BrF2IN. The summed E-state index contributed by atoms with van der Waals surface area (Å²) in [6.45, 7) is 1.78. The van der Waals surface area contributed by atoms with Crippen LogP contribution < -0.4 is 0 Å². The number of hydrogen-bond donors (Lipinski definition) is 0. The van der Waals surface area contributed by atoms with Crippen LogP contribution in [0.4, 0.5) is 8.78 Å². The number of aromatic nitrogens is 1. The van der Waals surface area contributed by atoms with Crippen LogP contribution in [0, 0.1) is 10.6 Å². The molecule has 0 amide bonds. The third-order valence-electron chi connectivity index (χ3n) is 1.66. The van der Waals surface area contributed by atoms with E-state index in [-0.39, 0.29) is 5.56 Å². The topological polar surface area (TPSA) is 12.9 Å². The molecular weight excluding hydrogens is 355 g/mol. The zero-order chi connectivity index (χ0) is 10.0. The highest BCUT2D eigenvalue weighted by Gasteiger charge is 2.14. The Balaban J connectivity index is 3.20. The molecule has 0 radical (unpaired) electrons. The van der Waals surface area contributed by atoms with Crippen LogP contribution in [0.1, 0.15) is 23.2 Å². The van der Waals surface area contributed by atoms with Gasteiger partial charge in [-0.2, -0.15) is 0 Å². The SMILES string of the molecule is Cc1cc(C(F)F)c(I)nc1CBr. The number of aryl methyl sites for hydroxylation is 1. The summed E-state index contributed by atoms with van der Waals surface area (Å²) < 4.78 is 25.2. The first-order valence-corrected chi connectivity index (χ1v) is 5.76. The Morgan fingerprint density at radius 1 is 1.62 bits per heavy atom. The Morgan fingerprint density at radius 2 is 2.23 bits per heavy atom. The van der Waals surface area contributed by atoms with Crippen LogP contribution in [0.25, 0.3) is 0 Å². The van der Waals surface area contributed by atoms with E-state index in [1.54, 1.807) is 6.92 Å². The number of pyridine rings is 1. The molecule has 0 saturated carbocycles. The van der Waals surface area contributed by atoms with Crippen LogP contribution in [0.15, 0.2) is 6.07 Å². The summed E-state index contributed by atoms with van der Waals surface area (Å²) in [6.07, 6.45) is -2.44. The molecule has 0 aliphatic carbocycles. The van der Waals surface area contributed by atoms with E-state index in [9.17, 15) is 8.78 Å². The van der Waals surface area contributed by atoms with E-state index in [0.29, 0.717) is 9.03 Å². The second-order valence-corrected chi connectivity index (χ2v) is 4.15. The van der Waals surface area contributed by atoms with Crippen LogP contribution in [0.3, 0.4) is 0 Å². The predicted molar refractivity (Wildman–Crippen MR) is 59.3 cm³/mol. The molecule has 0 unspecified atom stereocenters. The molecule has 1 aromatic rings. The predicted octanol–water partition coefficient (Wildman–Crippen LogP) is 3.83. The van der Waals surface area contributed by atoms with Gasteiger partial charge in [-0.15, -0.1) is 0 Å². The van der Waals surface area contributed by atoms with Gasteiger partial charge in [0, 0.05) is 10.9 Å². The van der Waals surface area contributed by atoms with Crippen LogP contribution in [-0.4, -0.2) is 4.98 Å². The molecule has 0 saturated heterocycles. The highest BCUT2D eigenvalue weighted by atomic mass is 127. The van der Waals surface area contributed by atoms with Crippen molar-refractivity contribution in [3.8, 4) is 0 Å². The van der Waals surface area contributed by atoms with Crippen LogP contribution in [0.5, 0.6) is 0 Å². The smallest absolute Gasteiger partial charge is 0.245 e. The Hall–Kier alpha value is 0.220. The largest absolute Gasteiger partial charge is 0.266 e. The van der Waals surface area contributed by atoms with Gasteiger partial charge in [-0.3, -0.25) is 0 Å². The highest BCUT2D eigenvalue weighted by molar-refractivity contribution is 14.1. The molecule has 0 N–H and O–H groups in total. The van der Waals surface area contributed by atoms with Gasteiger partial charge in [0.05, 0.1) is 5.69 Å². The Bertz CT molecular complexity index is 317. The average Bonchev–Trinajstić information content (AvgIpc) is 2.07. The lowest BCUT2D eigenvalue weighted by molar-refractivity contribution is 0.149. The van der Waals surface area contributed by atoms with Crippen molar-refractivity contribution in [1.29, 1.82) is 0 Å². The molecule has 0 spiro atoms. The summed E-state index contributed by atoms with van der Waals surface area (Å²) in [5.74, 6) is 0. The molecule has 1 aromatic heterocycles. The fourth-order valence-corrected chi connectivity index (χ4v) is 2.19. The first kappa shape index (κ1) is 11.3. The molecule has 72 valence electrons. The standard InChI is InChI=1S/C8H7BrF2IN/c1-4-2-5(7(10)11)8(12)13-6(4)3-9/h2,7H,3H2,1H3. The second kappa shape index (κ2) is 4.63. The summed E-state index contributed by atoms with van der Waals surface area (Å²) in [5.41, 5.74) is 1.63. The zero-order valence-corrected chi connectivity index (χ0v) is 10.6. The number of nitrogens with zero attached hydrogens (tertiary/aromatic N) is 1. The maximum Gasteiger partial charge on any atom is 0.266 e. The molecule has 1 heterocycles. The first-order valence-electron chi connectivity index (χ1n) is 3.56. The molecule has 13 heavy (non-hydrogen) atoms. The third kappa shape index (κ3) is 2.59. The van der Waals surface area contributed by atoms with Crippen molar-refractivity contribution in [2.75, 3.05) is 0 Å². The lowest BCUT2D eigenvalue weighted by atomic mass is 10.2. The van der Waals surface area contributed by atoms with E-state index in [1.165, 1.54) is 6.07 Å². The molecule has 1 rings (SSSR count). The van der Waals surface area contributed by atoms with Crippen molar-refractivity contribution < 1.29 is 8.78 Å². The minimum Gasteiger partial charge on any atom is -0.245 e. The van der Waals surface area contributed by atoms with Crippen LogP contribution in [-0.2, 0) is 5.33 Å². The lowest BCUT2D eigenvalue weighted by Crippen LogP contribution is -1.99. The summed E-state index contributed by atoms with van der Waals surface area (Å²) in [5, 5.41) is 0.596. The number of rotatable bonds is 2. The van der Waals surface area contributed by atoms with Crippen molar-refractivity contribution in [2.45, 2.75) is 18.7 Å². The molecule has 0 aliphatic rings. The minimum atomic E-state index is -2.44. The van der Waals surface area contributed by atoms with Crippen LogP contribution >= 0.6 is 38.5 Å². The second-order valence-electron chi connectivity index (χ2n) is 2.57. The van der Waals surface area contributed by atoms with Crippen molar-refractivity contribution in [2.24, 2.45) is 0 Å². The maximum absolute atomic E-state index is 12.4. The van der Waals surface area contributed by atoms with E-state index in [4.69, 9.17) is 0 Å². The van der Waals surface area contributed by atoms with Gasteiger partial charge in [0.25, 0.3) is 6.43 Å². The van der Waals surface area contributed by atoms with Gasteiger partial charge >= 0.3 is 0 Å². The molecule has 1 nitrogen and oxygen atoms in total. The molecule has 0 atom stereocenters. The Kier molecular flexibility index (Phi) is 4.03. The molecule has 5 heteroatoms. The van der Waals surface area contributed by atoms with Crippen molar-refractivity contribution in [3.05, 3.63) is 26.6 Å². The van der Waals surface area contributed by atoms with Gasteiger partial charge in [-0.1, -0.05) is 15.9 Å². The van der Waals surface area contributed by atoms with E-state index in [2.05, 4.69) is 20.9 Å². The Morgan fingerprint density at radius 3 is 2.69 bits per heavy atom. The zero-order valence-electron chi connectivity index (χ0n) is 6.82. The molecule has 0 fully saturated rings. The maximum atomic E-state index is 12.4. The first-order chi connectivity index (χ1) is 6.06. The Labute approximate surface area is 97.2 Å². The van der Waals surface area contributed by atoms with Gasteiger partial charge in [0.2, 0.25) is 0 Å². The molecule has 0 bridgehead atoms. The van der Waals surface area contributed by atoms with Gasteiger partial charge in [0.15, 0.2) is 0 Å². The third-order valence-corrected chi connectivity index (χ3v) is 3.06. The fraction of sp³-hybridized carbons (Fsp3) is 0.375. The monoisotopic (exact) mass is 361 g/mol. The van der Waals surface area contributed by atoms with Crippen molar-refractivity contribution in [1.82, 2.24) is 4.98 Å². The van der Waals surface area contributed by atoms with E-state index in [1.807, 2.05) is 22.6 Å². The summed E-state index contributed by atoms with van der Waals surface area (Å²) in [7, 11) is 0.